The first-order valence-corrected chi connectivity index (χ1v) is 7.96. The van der Waals surface area contributed by atoms with Gasteiger partial charge in [-0.15, -0.1) is 0 Å². The summed E-state index contributed by atoms with van der Waals surface area (Å²) in [6.07, 6.45) is -0.172. The molecule has 5 heteroatoms. The highest BCUT2D eigenvalue weighted by Gasteiger charge is 2.53. The number of ketones is 3. The molecular weight excluding hydrogens is 348 g/mol. The van der Waals surface area contributed by atoms with Crippen LogP contribution in [0.4, 0.5) is 0 Å². The Bertz CT molecular complexity index is 618. The van der Waals surface area contributed by atoms with Crippen LogP contribution in [-0.4, -0.2) is 28.1 Å². The number of Topliss-reactive ketones (excluding diaryl/α,β-unsaturated/α-hetero) is 3. The fraction of sp³-hybridized carbons (Fsp3) is 0.471. The Morgan fingerprint density at radius 2 is 1.73 bits per heavy atom. The second-order valence-electron chi connectivity index (χ2n) is 6.25. The predicted molar refractivity (Wildman–Crippen MR) is 85.5 cm³/mol. The number of halogens is 1. The highest BCUT2D eigenvalue weighted by molar-refractivity contribution is 9.10. The second kappa shape index (κ2) is 6.05. The van der Waals surface area contributed by atoms with Crippen molar-refractivity contribution in [1.29, 1.82) is 0 Å². The SMILES string of the molecule is CC(=O)[C@@H]1C(=O)C[C@@](C)(O)[C@@H](C(C)=O)[C@@H]1c1ccc(Br)cc1. The van der Waals surface area contributed by atoms with Crippen LogP contribution in [0.15, 0.2) is 28.7 Å². The van der Waals surface area contributed by atoms with Crippen LogP contribution in [0.3, 0.4) is 0 Å². The zero-order valence-corrected chi connectivity index (χ0v) is 14.4. The second-order valence-corrected chi connectivity index (χ2v) is 7.17. The van der Waals surface area contributed by atoms with Crippen LogP contribution in [0.25, 0.3) is 0 Å². The molecule has 1 aliphatic rings. The molecule has 1 saturated carbocycles. The number of benzene rings is 1. The Labute approximate surface area is 138 Å². The molecule has 1 N–H and O–H groups in total. The highest BCUT2D eigenvalue weighted by atomic mass is 79.9. The van der Waals surface area contributed by atoms with E-state index in [1.807, 2.05) is 0 Å². The highest BCUT2D eigenvalue weighted by Crippen LogP contribution is 2.46. The topological polar surface area (TPSA) is 71.4 Å². The number of carbonyl (C=O) groups excluding carboxylic acids is 3. The average molecular weight is 367 g/mol. The van der Waals surface area contributed by atoms with Crippen LogP contribution in [0.1, 0.15) is 38.7 Å². The summed E-state index contributed by atoms with van der Waals surface area (Å²) < 4.78 is 0.865. The van der Waals surface area contributed by atoms with E-state index in [1.54, 1.807) is 24.3 Å². The third-order valence-electron chi connectivity index (χ3n) is 4.40. The lowest BCUT2D eigenvalue weighted by molar-refractivity contribution is -0.151. The van der Waals surface area contributed by atoms with Crippen molar-refractivity contribution in [2.24, 2.45) is 11.8 Å². The monoisotopic (exact) mass is 366 g/mol. The van der Waals surface area contributed by atoms with Crippen molar-refractivity contribution in [2.75, 3.05) is 0 Å². The van der Waals surface area contributed by atoms with Crippen molar-refractivity contribution < 1.29 is 19.5 Å². The molecule has 1 fully saturated rings. The van der Waals surface area contributed by atoms with Crippen molar-refractivity contribution in [3.05, 3.63) is 34.3 Å². The first kappa shape index (κ1) is 17.0. The van der Waals surface area contributed by atoms with E-state index in [0.29, 0.717) is 0 Å². The average Bonchev–Trinajstić information content (AvgIpc) is 2.36. The summed E-state index contributed by atoms with van der Waals surface area (Å²) in [5.74, 6) is -3.06. The minimum absolute atomic E-state index is 0.172. The lowest BCUT2D eigenvalue weighted by atomic mass is 9.60. The van der Waals surface area contributed by atoms with Gasteiger partial charge in [0.15, 0.2) is 0 Å². The molecule has 4 atom stereocenters. The lowest BCUT2D eigenvalue weighted by Gasteiger charge is -2.44. The molecule has 0 amide bonds. The molecular formula is C17H19BrO4. The zero-order valence-electron chi connectivity index (χ0n) is 12.8. The molecule has 1 aromatic rings. The van der Waals surface area contributed by atoms with Crippen LogP contribution in [0, 0.1) is 11.8 Å². The summed E-state index contributed by atoms with van der Waals surface area (Å²) in [4.78, 5) is 36.5. The van der Waals surface area contributed by atoms with E-state index < -0.39 is 23.4 Å². The third-order valence-corrected chi connectivity index (χ3v) is 4.93. The van der Waals surface area contributed by atoms with Crippen LogP contribution >= 0.6 is 15.9 Å². The van der Waals surface area contributed by atoms with Gasteiger partial charge in [0.25, 0.3) is 0 Å². The quantitative estimate of drug-likeness (QED) is 0.834. The zero-order chi connectivity index (χ0) is 16.7. The molecule has 0 spiro atoms. The Kier molecular flexibility index (Phi) is 4.68. The van der Waals surface area contributed by atoms with Gasteiger partial charge in [-0.3, -0.25) is 14.4 Å². The van der Waals surface area contributed by atoms with Crippen molar-refractivity contribution >= 4 is 33.3 Å². The molecule has 0 heterocycles. The summed E-state index contributed by atoms with van der Waals surface area (Å²) >= 11 is 3.34. The first-order chi connectivity index (χ1) is 10.1. The summed E-state index contributed by atoms with van der Waals surface area (Å²) in [5.41, 5.74) is -0.719. The fourth-order valence-electron chi connectivity index (χ4n) is 3.59. The van der Waals surface area contributed by atoms with E-state index >= 15 is 0 Å². The molecule has 22 heavy (non-hydrogen) atoms. The normalized spacial score (nSPS) is 31.9. The maximum Gasteiger partial charge on any atom is 0.146 e. The number of carbonyl (C=O) groups is 3. The molecule has 118 valence electrons. The maximum absolute atomic E-state index is 12.4. The molecule has 4 nitrogen and oxygen atoms in total. The molecule has 0 radical (unpaired) electrons. The maximum atomic E-state index is 12.4. The van der Waals surface area contributed by atoms with Gasteiger partial charge in [0, 0.05) is 16.8 Å². The van der Waals surface area contributed by atoms with Gasteiger partial charge in [0.1, 0.15) is 17.3 Å². The Hall–Kier alpha value is -1.33. The Morgan fingerprint density at radius 3 is 2.18 bits per heavy atom. The molecule has 0 aliphatic heterocycles. The third kappa shape index (κ3) is 3.06. The molecule has 0 saturated heterocycles. The molecule has 2 rings (SSSR count). The van der Waals surface area contributed by atoms with Gasteiger partial charge in [-0.05, 0) is 38.5 Å². The van der Waals surface area contributed by atoms with Crippen molar-refractivity contribution in [3.8, 4) is 0 Å². The van der Waals surface area contributed by atoms with E-state index in [1.165, 1.54) is 20.8 Å². The van der Waals surface area contributed by atoms with Crippen molar-refractivity contribution in [2.45, 2.75) is 38.7 Å². The van der Waals surface area contributed by atoms with Crippen LogP contribution in [0.5, 0.6) is 0 Å². The number of aliphatic hydroxyl groups is 1. The van der Waals surface area contributed by atoms with Crippen LogP contribution in [-0.2, 0) is 14.4 Å². The van der Waals surface area contributed by atoms with Gasteiger partial charge in [-0.25, -0.2) is 0 Å². The molecule has 1 aliphatic carbocycles. The smallest absolute Gasteiger partial charge is 0.146 e. The molecule has 1 aromatic carbocycles. The van der Waals surface area contributed by atoms with E-state index in [9.17, 15) is 19.5 Å². The van der Waals surface area contributed by atoms with Gasteiger partial charge in [0.2, 0.25) is 0 Å². The van der Waals surface area contributed by atoms with E-state index in [-0.39, 0.29) is 23.8 Å². The summed E-state index contributed by atoms with van der Waals surface area (Å²) in [5, 5.41) is 10.6. The summed E-state index contributed by atoms with van der Waals surface area (Å²) in [6.45, 7) is 4.27. The van der Waals surface area contributed by atoms with Crippen LogP contribution in [0.2, 0.25) is 0 Å². The standard InChI is InChI=1S/C17H19BrO4/c1-9(19)14-13(21)8-17(3,22)16(10(2)20)15(14)11-4-6-12(18)7-5-11/h4-7,14-16,22H,8H2,1-3H3/t14-,15-,16+,17-/m1/s1. The van der Waals surface area contributed by atoms with Gasteiger partial charge >= 0.3 is 0 Å². The molecule has 0 aromatic heterocycles. The number of hydrogen-bond acceptors (Lipinski definition) is 4. The molecule has 0 unspecified atom stereocenters. The Morgan fingerprint density at radius 1 is 1.18 bits per heavy atom. The van der Waals surface area contributed by atoms with E-state index in [0.717, 1.165) is 10.0 Å². The van der Waals surface area contributed by atoms with Crippen molar-refractivity contribution in [1.82, 2.24) is 0 Å². The number of hydrogen-bond donors (Lipinski definition) is 1. The molecule has 0 bridgehead atoms. The number of rotatable bonds is 3. The fourth-order valence-corrected chi connectivity index (χ4v) is 3.86. The van der Waals surface area contributed by atoms with Gasteiger partial charge in [-0.1, -0.05) is 28.1 Å². The van der Waals surface area contributed by atoms with Crippen molar-refractivity contribution in [3.63, 3.8) is 0 Å². The van der Waals surface area contributed by atoms with Crippen LogP contribution < -0.4 is 0 Å². The van der Waals surface area contributed by atoms with E-state index in [4.69, 9.17) is 0 Å². The largest absolute Gasteiger partial charge is 0.389 e. The van der Waals surface area contributed by atoms with Gasteiger partial charge < -0.3 is 5.11 Å². The Balaban J connectivity index is 2.61. The summed E-state index contributed by atoms with van der Waals surface area (Å²) in [7, 11) is 0. The summed E-state index contributed by atoms with van der Waals surface area (Å²) in [6, 6.07) is 7.18. The first-order valence-electron chi connectivity index (χ1n) is 7.16. The van der Waals surface area contributed by atoms with Gasteiger partial charge in [-0.2, -0.15) is 0 Å². The predicted octanol–water partition coefficient (Wildman–Crippen LogP) is 2.67. The minimum Gasteiger partial charge on any atom is -0.389 e. The minimum atomic E-state index is -1.44. The van der Waals surface area contributed by atoms with Gasteiger partial charge in [0.05, 0.1) is 17.4 Å². The van der Waals surface area contributed by atoms with E-state index in [2.05, 4.69) is 15.9 Å². The lowest BCUT2D eigenvalue weighted by Crippen LogP contribution is -2.53.